The molecule has 1 N–H and O–H groups in total. The van der Waals surface area contributed by atoms with E-state index in [0.717, 1.165) is 28.2 Å². The first-order chi connectivity index (χ1) is 11.6. The average Bonchev–Trinajstić information content (AvgIpc) is 3.15. The summed E-state index contributed by atoms with van der Waals surface area (Å²) in [7, 11) is 0. The van der Waals surface area contributed by atoms with Gasteiger partial charge >= 0.3 is 5.97 Å². The molecular formula is C18H16N2O4. The molecule has 1 aliphatic rings. The number of nitrogens with zero attached hydrogens (tertiary/aromatic N) is 2. The predicted octanol–water partition coefficient (Wildman–Crippen LogP) is 3.06. The summed E-state index contributed by atoms with van der Waals surface area (Å²) in [5, 5.41) is 9.06. The van der Waals surface area contributed by atoms with Gasteiger partial charge in [-0.2, -0.15) is 0 Å². The molecule has 2 aromatic heterocycles. The Morgan fingerprint density at radius 2 is 2.08 bits per heavy atom. The van der Waals surface area contributed by atoms with Crippen molar-refractivity contribution in [1.29, 1.82) is 0 Å². The molecule has 3 aromatic rings. The van der Waals surface area contributed by atoms with Crippen molar-refractivity contribution in [2.24, 2.45) is 0 Å². The highest BCUT2D eigenvalue weighted by Gasteiger charge is 2.19. The van der Waals surface area contributed by atoms with Gasteiger partial charge in [0.05, 0.1) is 17.8 Å². The van der Waals surface area contributed by atoms with E-state index in [1.54, 1.807) is 0 Å². The molecule has 6 nitrogen and oxygen atoms in total. The van der Waals surface area contributed by atoms with Crippen LogP contribution in [0.1, 0.15) is 17.7 Å². The molecule has 0 saturated carbocycles. The first kappa shape index (κ1) is 14.6. The SMILES string of the molecule is Cc1ccc2nc(-c3ccc4c(c3)OCO4)c(CCC(=O)O)n2c1. The first-order valence-corrected chi connectivity index (χ1v) is 7.71. The van der Waals surface area contributed by atoms with Gasteiger partial charge in [-0.05, 0) is 36.8 Å². The number of imidazole rings is 1. The van der Waals surface area contributed by atoms with Crippen LogP contribution in [0.2, 0.25) is 0 Å². The maximum atomic E-state index is 11.0. The number of pyridine rings is 1. The lowest BCUT2D eigenvalue weighted by atomic mass is 10.1. The number of carboxylic acids is 1. The average molecular weight is 324 g/mol. The number of aryl methyl sites for hydroxylation is 2. The van der Waals surface area contributed by atoms with Crippen LogP contribution in [-0.4, -0.2) is 27.3 Å². The van der Waals surface area contributed by atoms with E-state index in [1.807, 2.05) is 47.9 Å². The van der Waals surface area contributed by atoms with Crippen LogP contribution in [0.25, 0.3) is 16.9 Å². The van der Waals surface area contributed by atoms with E-state index in [4.69, 9.17) is 19.6 Å². The Kier molecular flexibility index (Phi) is 3.37. The number of carboxylic acid groups (broad SMARTS) is 1. The second kappa shape index (κ2) is 5.56. The fraction of sp³-hybridized carbons (Fsp3) is 0.222. The second-order valence-electron chi connectivity index (χ2n) is 5.80. The van der Waals surface area contributed by atoms with Gasteiger partial charge < -0.3 is 19.0 Å². The van der Waals surface area contributed by atoms with Crippen molar-refractivity contribution in [3.8, 4) is 22.8 Å². The molecule has 1 aliphatic heterocycles. The smallest absolute Gasteiger partial charge is 0.303 e. The Morgan fingerprint density at radius 1 is 1.25 bits per heavy atom. The maximum absolute atomic E-state index is 11.0. The van der Waals surface area contributed by atoms with Crippen molar-refractivity contribution < 1.29 is 19.4 Å². The molecule has 0 bridgehead atoms. The number of ether oxygens (including phenoxy) is 2. The Balaban J connectivity index is 1.87. The lowest BCUT2D eigenvalue weighted by Crippen LogP contribution is -2.01. The Labute approximate surface area is 138 Å². The summed E-state index contributed by atoms with van der Waals surface area (Å²) in [4.78, 5) is 15.7. The number of hydrogen-bond donors (Lipinski definition) is 1. The van der Waals surface area contributed by atoms with E-state index in [2.05, 4.69) is 0 Å². The zero-order valence-corrected chi connectivity index (χ0v) is 13.2. The molecule has 6 heteroatoms. The third kappa shape index (κ3) is 2.46. The number of aromatic nitrogens is 2. The summed E-state index contributed by atoms with van der Waals surface area (Å²) in [5.41, 5.74) is 4.44. The summed E-state index contributed by atoms with van der Waals surface area (Å²) in [6, 6.07) is 9.60. The van der Waals surface area contributed by atoms with Crippen LogP contribution < -0.4 is 9.47 Å². The van der Waals surface area contributed by atoms with Gasteiger partial charge in [-0.1, -0.05) is 6.07 Å². The number of carbonyl (C=O) groups is 1. The normalized spacial score (nSPS) is 12.7. The Bertz CT molecular complexity index is 946. The molecule has 0 amide bonds. The highest BCUT2D eigenvalue weighted by atomic mass is 16.7. The van der Waals surface area contributed by atoms with Crippen LogP contribution in [0, 0.1) is 6.92 Å². The monoisotopic (exact) mass is 324 g/mol. The quantitative estimate of drug-likeness (QED) is 0.798. The largest absolute Gasteiger partial charge is 0.481 e. The van der Waals surface area contributed by atoms with Gasteiger partial charge in [0.25, 0.3) is 0 Å². The summed E-state index contributed by atoms with van der Waals surface area (Å²) >= 11 is 0. The van der Waals surface area contributed by atoms with Gasteiger partial charge in [-0.25, -0.2) is 4.98 Å². The van der Waals surface area contributed by atoms with Gasteiger partial charge in [-0.3, -0.25) is 4.79 Å². The molecule has 4 rings (SSSR count). The summed E-state index contributed by atoms with van der Waals surface area (Å²) < 4.78 is 12.8. The zero-order chi connectivity index (χ0) is 16.7. The molecule has 0 aliphatic carbocycles. The number of rotatable bonds is 4. The van der Waals surface area contributed by atoms with Gasteiger partial charge in [0.2, 0.25) is 6.79 Å². The van der Waals surface area contributed by atoms with Crippen LogP contribution in [-0.2, 0) is 11.2 Å². The third-order valence-corrected chi connectivity index (χ3v) is 4.09. The van der Waals surface area contributed by atoms with Gasteiger partial charge in [0, 0.05) is 18.2 Å². The maximum Gasteiger partial charge on any atom is 0.303 e. The lowest BCUT2D eigenvalue weighted by molar-refractivity contribution is -0.136. The minimum atomic E-state index is -0.825. The highest BCUT2D eigenvalue weighted by molar-refractivity contribution is 5.72. The number of hydrogen-bond acceptors (Lipinski definition) is 4. The van der Waals surface area contributed by atoms with E-state index >= 15 is 0 Å². The molecule has 0 spiro atoms. The summed E-state index contributed by atoms with van der Waals surface area (Å²) in [6.07, 6.45) is 2.44. The van der Waals surface area contributed by atoms with Crippen LogP contribution in [0.15, 0.2) is 36.5 Å². The van der Waals surface area contributed by atoms with E-state index in [0.29, 0.717) is 17.9 Å². The molecule has 0 atom stereocenters. The standard InChI is InChI=1S/C18H16N2O4/c1-11-2-6-16-19-18(13(20(16)9-11)4-7-17(21)22)12-3-5-14-15(8-12)24-10-23-14/h2-3,5-6,8-9H,4,7,10H2,1H3,(H,21,22). The summed E-state index contributed by atoms with van der Waals surface area (Å²) in [6.45, 7) is 2.22. The fourth-order valence-corrected chi connectivity index (χ4v) is 2.94. The zero-order valence-electron chi connectivity index (χ0n) is 13.2. The van der Waals surface area contributed by atoms with Crippen LogP contribution in [0.5, 0.6) is 11.5 Å². The van der Waals surface area contributed by atoms with Crippen molar-refractivity contribution in [3.63, 3.8) is 0 Å². The number of fused-ring (bicyclic) bond motifs is 2. The van der Waals surface area contributed by atoms with Gasteiger partial charge in [0.15, 0.2) is 11.5 Å². The van der Waals surface area contributed by atoms with E-state index < -0.39 is 5.97 Å². The predicted molar refractivity (Wildman–Crippen MR) is 87.4 cm³/mol. The van der Waals surface area contributed by atoms with Gasteiger partial charge in [0.1, 0.15) is 5.65 Å². The number of benzene rings is 1. The third-order valence-electron chi connectivity index (χ3n) is 4.09. The van der Waals surface area contributed by atoms with Crippen molar-refractivity contribution in [2.45, 2.75) is 19.8 Å². The van der Waals surface area contributed by atoms with E-state index in [1.165, 1.54) is 0 Å². The molecule has 1 aromatic carbocycles. The molecule has 0 saturated heterocycles. The molecule has 0 fully saturated rings. The molecular weight excluding hydrogens is 308 g/mol. The van der Waals surface area contributed by atoms with Crippen LogP contribution in [0.3, 0.4) is 0 Å². The van der Waals surface area contributed by atoms with E-state index in [-0.39, 0.29) is 13.2 Å². The second-order valence-corrected chi connectivity index (χ2v) is 5.80. The van der Waals surface area contributed by atoms with E-state index in [9.17, 15) is 4.79 Å². The van der Waals surface area contributed by atoms with Crippen LogP contribution >= 0.6 is 0 Å². The highest BCUT2D eigenvalue weighted by Crippen LogP contribution is 2.37. The van der Waals surface area contributed by atoms with Crippen molar-refractivity contribution in [3.05, 3.63) is 47.8 Å². The molecule has 3 heterocycles. The summed E-state index contributed by atoms with van der Waals surface area (Å²) in [5.74, 6) is 0.574. The molecule has 0 radical (unpaired) electrons. The first-order valence-electron chi connectivity index (χ1n) is 7.71. The Hall–Kier alpha value is -3.02. The van der Waals surface area contributed by atoms with Crippen molar-refractivity contribution >= 4 is 11.6 Å². The fourth-order valence-electron chi connectivity index (χ4n) is 2.94. The molecule has 122 valence electrons. The number of aliphatic carboxylic acids is 1. The van der Waals surface area contributed by atoms with Crippen molar-refractivity contribution in [1.82, 2.24) is 9.38 Å². The molecule has 24 heavy (non-hydrogen) atoms. The minimum absolute atomic E-state index is 0.0548. The lowest BCUT2D eigenvalue weighted by Gasteiger charge is -2.05. The Morgan fingerprint density at radius 3 is 2.92 bits per heavy atom. The molecule has 0 unspecified atom stereocenters. The minimum Gasteiger partial charge on any atom is -0.481 e. The topological polar surface area (TPSA) is 73.1 Å². The van der Waals surface area contributed by atoms with Crippen LogP contribution in [0.4, 0.5) is 0 Å². The van der Waals surface area contributed by atoms with Crippen molar-refractivity contribution in [2.75, 3.05) is 6.79 Å². The van der Waals surface area contributed by atoms with Gasteiger partial charge in [-0.15, -0.1) is 0 Å².